The number of hydrogen-bond donors (Lipinski definition) is 0. The SMILES string of the molecule is CC(C)(C)c1ccc(-c2ccc(C(C)(C)CO[Si](C)(C)C(C)(C)C)cc2)cc1. The van der Waals surface area contributed by atoms with Gasteiger partial charge in [0, 0.05) is 12.0 Å². The summed E-state index contributed by atoms with van der Waals surface area (Å²) < 4.78 is 6.51. The molecule has 0 aliphatic carbocycles. The van der Waals surface area contributed by atoms with Crippen LogP contribution in [0.1, 0.15) is 66.5 Å². The Labute approximate surface area is 174 Å². The molecule has 0 aliphatic heterocycles. The van der Waals surface area contributed by atoms with E-state index in [9.17, 15) is 0 Å². The predicted molar refractivity (Wildman–Crippen MR) is 127 cm³/mol. The van der Waals surface area contributed by atoms with E-state index >= 15 is 0 Å². The van der Waals surface area contributed by atoms with Crippen molar-refractivity contribution >= 4 is 8.32 Å². The van der Waals surface area contributed by atoms with Crippen molar-refractivity contribution in [1.82, 2.24) is 0 Å². The maximum absolute atomic E-state index is 6.51. The molecule has 2 heteroatoms. The van der Waals surface area contributed by atoms with Crippen LogP contribution in [0.5, 0.6) is 0 Å². The van der Waals surface area contributed by atoms with Crippen molar-refractivity contribution in [3.05, 3.63) is 59.7 Å². The van der Waals surface area contributed by atoms with E-state index < -0.39 is 8.32 Å². The molecule has 0 radical (unpaired) electrons. The fourth-order valence-electron chi connectivity index (χ4n) is 2.94. The molecule has 2 aromatic rings. The van der Waals surface area contributed by atoms with Crippen molar-refractivity contribution in [1.29, 1.82) is 0 Å². The van der Waals surface area contributed by atoms with Crippen LogP contribution in [0.4, 0.5) is 0 Å². The summed E-state index contributed by atoms with van der Waals surface area (Å²) >= 11 is 0. The Hall–Kier alpha value is -1.38. The zero-order chi connectivity index (χ0) is 21.4. The fraction of sp³-hybridized carbons (Fsp3) is 0.538. The summed E-state index contributed by atoms with van der Waals surface area (Å²) in [6, 6.07) is 18.0. The lowest BCUT2D eigenvalue weighted by Crippen LogP contribution is -2.43. The van der Waals surface area contributed by atoms with Gasteiger partial charge in [0.05, 0.1) is 0 Å². The van der Waals surface area contributed by atoms with Gasteiger partial charge in [-0.05, 0) is 45.8 Å². The Morgan fingerprint density at radius 1 is 0.643 bits per heavy atom. The lowest BCUT2D eigenvalue weighted by molar-refractivity contribution is 0.220. The summed E-state index contributed by atoms with van der Waals surface area (Å²) in [6.45, 7) is 23.6. The van der Waals surface area contributed by atoms with Crippen LogP contribution in [0.15, 0.2) is 48.5 Å². The van der Waals surface area contributed by atoms with E-state index in [0.717, 1.165) is 6.61 Å². The van der Waals surface area contributed by atoms with Gasteiger partial charge in [0.15, 0.2) is 8.32 Å². The van der Waals surface area contributed by atoms with Gasteiger partial charge in [-0.15, -0.1) is 0 Å². The first kappa shape index (κ1) is 22.9. The number of benzene rings is 2. The lowest BCUT2D eigenvalue weighted by Gasteiger charge is -2.39. The van der Waals surface area contributed by atoms with Crippen molar-refractivity contribution in [3.8, 4) is 11.1 Å². The van der Waals surface area contributed by atoms with Gasteiger partial charge in [-0.1, -0.05) is 104 Å². The van der Waals surface area contributed by atoms with Crippen LogP contribution in [0.3, 0.4) is 0 Å². The van der Waals surface area contributed by atoms with E-state index in [-0.39, 0.29) is 15.9 Å². The first-order chi connectivity index (χ1) is 12.6. The molecule has 0 spiro atoms. The van der Waals surface area contributed by atoms with Crippen molar-refractivity contribution in [2.75, 3.05) is 6.61 Å². The maximum atomic E-state index is 6.51. The molecular weight excluding hydrogens is 356 g/mol. The molecule has 2 rings (SSSR count). The Balaban J connectivity index is 2.15. The Morgan fingerprint density at radius 2 is 1.04 bits per heavy atom. The molecule has 0 heterocycles. The van der Waals surface area contributed by atoms with E-state index in [2.05, 4.69) is 117 Å². The molecule has 28 heavy (non-hydrogen) atoms. The minimum absolute atomic E-state index is 0.00411. The zero-order valence-corrected chi connectivity index (χ0v) is 20.7. The Kier molecular flexibility index (Phi) is 6.38. The second-order valence-electron chi connectivity index (χ2n) is 11.3. The van der Waals surface area contributed by atoms with Crippen LogP contribution in [-0.4, -0.2) is 14.9 Å². The minimum atomic E-state index is -1.73. The topological polar surface area (TPSA) is 9.23 Å². The van der Waals surface area contributed by atoms with E-state index in [1.807, 2.05) is 0 Å². The average molecular weight is 397 g/mol. The van der Waals surface area contributed by atoms with Crippen molar-refractivity contribution in [3.63, 3.8) is 0 Å². The second-order valence-corrected chi connectivity index (χ2v) is 16.1. The standard InChI is InChI=1S/C26H40OSi/c1-24(2,3)22-15-11-20(12-16-22)21-13-17-23(18-14-21)26(7,8)19-27-28(9,10)25(4,5)6/h11-18H,19H2,1-10H3. The quantitative estimate of drug-likeness (QED) is 0.466. The van der Waals surface area contributed by atoms with Crippen molar-refractivity contribution < 1.29 is 4.43 Å². The van der Waals surface area contributed by atoms with E-state index in [1.165, 1.54) is 22.3 Å². The highest BCUT2D eigenvalue weighted by atomic mass is 28.4. The van der Waals surface area contributed by atoms with Gasteiger partial charge in [-0.2, -0.15) is 0 Å². The lowest BCUT2D eigenvalue weighted by atomic mass is 9.84. The summed E-state index contributed by atoms with van der Waals surface area (Å²) in [4.78, 5) is 0. The van der Waals surface area contributed by atoms with Crippen LogP contribution < -0.4 is 0 Å². The number of rotatable bonds is 5. The summed E-state index contributed by atoms with van der Waals surface area (Å²) in [5, 5.41) is 0.242. The van der Waals surface area contributed by atoms with Gasteiger partial charge in [0.1, 0.15) is 0 Å². The highest BCUT2D eigenvalue weighted by Gasteiger charge is 2.38. The molecule has 0 unspecified atom stereocenters. The first-order valence-corrected chi connectivity index (χ1v) is 13.4. The normalized spacial score (nSPS) is 13.6. The summed E-state index contributed by atoms with van der Waals surface area (Å²) in [6.07, 6.45) is 0. The molecule has 0 fully saturated rings. The predicted octanol–water partition coefficient (Wildman–Crippen LogP) is 7.95. The monoisotopic (exact) mass is 396 g/mol. The molecule has 2 aromatic carbocycles. The van der Waals surface area contributed by atoms with Gasteiger partial charge in [0.2, 0.25) is 0 Å². The first-order valence-electron chi connectivity index (χ1n) is 10.5. The van der Waals surface area contributed by atoms with E-state index in [1.54, 1.807) is 0 Å². The molecular formula is C26H40OSi. The summed E-state index contributed by atoms with van der Waals surface area (Å²) in [5.41, 5.74) is 5.44. The van der Waals surface area contributed by atoms with Crippen LogP contribution in [0, 0.1) is 0 Å². The average Bonchev–Trinajstić information content (AvgIpc) is 2.59. The molecule has 0 aliphatic rings. The molecule has 0 amide bonds. The Morgan fingerprint density at radius 3 is 1.39 bits per heavy atom. The highest BCUT2D eigenvalue weighted by molar-refractivity contribution is 6.74. The third kappa shape index (κ3) is 5.36. The fourth-order valence-corrected chi connectivity index (χ4v) is 4.09. The molecule has 0 bridgehead atoms. The van der Waals surface area contributed by atoms with Gasteiger partial charge < -0.3 is 4.43 Å². The van der Waals surface area contributed by atoms with Gasteiger partial charge in [-0.3, -0.25) is 0 Å². The largest absolute Gasteiger partial charge is 0.416 e. The molecule has 0 N–H and O–H groups in total. The van der Waals surface area contributed by atoms with Crippen LogP contribution in [0.2, 0.25) is 18.1 Å². The van der Waals surface area contributed by atoms with E-state index in [4.69, 9.17) is 4.43 Å². The number of hydrogen-bond acceptors (Lipinski definition) is 1. The van der Waals surface area contributed by atoms with Crippen molar-refractivity contribution in [2.24, 2.45) is 0 Å². The molecule has 154 valence electrons. The van der Waals surface area contributed by atoms with E-state index in [0.29, 0.717) is 0 Å². The van der Waals surface area contributed by atoms with Crippen molar-refractivity contribution in [2.45, 2.75) is 84.4 Å². The molecule has 1 nitrogen and oxygen atoms in total. The zero-order valence-electron chi connectivity index (χ0n) is 19.7. The second kappa shape index (κ2) is 7.80. The van der Waals surface area contributed by atoms with Gasteiger partial charge in [0.25, 0.3) is 0 Å². The molecule has 0 saturated carbocycles. The molecule has 0 aromatic heterocycles. The molecule has 0 saturated heterocycles. The minimum Gasteiger partial charge on any atom is -0.416 e. The smallest absolute Gasteiger partial charge is 0.192 e. The van der Waals surface area contributed by atoms with Crippen LogP contribution in [-0.2, 0) is 15.3 Å². The van der Waals surface area contributed by atoms with Crippen LogP contribution >= 0.6 is 0 Å². The summed E-state index contributed by atoms with van der Waals surface area (Å²) in [7, 11) is -1.73. The summed E-state index contributed by atoms with van der Waals surface area (Å²) in [5.74, 6) is 0. The van der Waals surface area contributed by atoms with Gasteiger partial charge >= 0.3 is 0 Å². The highest BCUT2D eigenvalue weighted by Crippen LogP contribution is 2.38. The van der Waals surface area contributed by atoms with Gasteiger partial charge in [-0.25, -0.2) is 0 Å². The third-order valence-electron chi connectivity index (χ3n) is 6.35. The Bertz CT molecular complexity index is 769. The maximum Gasteiger partial charge on any atom is 0.192 e. The molecule has 0 atom stereocenters. The third-order valence-corrected chi connectivity index (χ3v) is 10.8. The van der Waals surface area contributed by atoms with Crippen LogP contribution in [0.25, 0.3) is 11.1 Å².